The predicted octanol–water partition coefficient (Wildman–Crippen LogP) is 2.38. The van der Waals surface area contributed by atoms with Crippen molar-refractivity contribution >= 4 is 17.9 Å². The van der Waals surface area contributed by atoms with E-state index < -0.39 is 5.92 Å². The Bertz CT molecular complexity index is 431. The Labute approximate surface area is 114 Å². The second kappa shape index (κ2) is 7.56. The maximum absolute atomic E-state index is 12.0. The standard InChI is InChI=1S/C15H21NO3/c1-4-16(3)14-9-7-6-8-12(14)13(10-11-17)15(18)19-5-2/h6-9,11,13H,4-5,10H2,1-3H3. The summed E-state index contributed by atoms with van der Waals surface area (Å²) in [6.45, 7) is 4.95. The molecule has 19 heavy (non-hydrogen) atoms. The van der Waals surface area contributed by atoms with Gasteiger partial charge in [-0.2, -0.15) is 0 Å². The van der Waals surface area contributed by atoms with Gasteiger partial charge in [0.1, 0.15) is 6.29 Å². The number of carbonyl (C=O) groups is 2. The second-order valence-corrected chi connectivity index (χ2v) is 4.28. The zero-order valence-corrected chi connectivity index (χ0v) is 11.8. The van der Waals surface area contributed by atoms with Crippen molar-refractivity contribution < 1.29 is 14.3 Å². The van der Waals surface area contributed by atoms with Crippen LogP contribution >= 0.6 is 0 Å². The van der Waals surface area contributed by atoms with E-state index in [9.17, 15) is 9.59 Å². The minimum absolute atomic E-state index is 0.146. The zero-order valence-electron chi connectivity index (χ0n) is 11.8. The molecule has 0 aromatic heterocycles. The lowest BCUT2D eigenvalue weighted by Crippen LogP contribution is -2.22. The van der Waals surface area contributed by atoms with Crippen LogP contribution in [0.3, 0.4) is 0 Å². The minimum Gasteiger partial charge on any atom is -0.466 e. The maximum Gasteiger partial charge on any atom is 0.313 e. The lowest BCUT2D eigenvalue weighted by Gasteiger charge is -2.24. The van der Waals surface area contributed by atoms with Crippen molar-refractivity contribution in [1.29, 1.82) is 0 Å². The molecule has 0 aliphatic carbocycles. The highest BCUT2D eigenvalue weighted by atomic mass is 16.5. The van der Waals surface area contributed by atoms with E-state index in [-0.39, 0.29) is 12.4 Å². The van der Waals surface area contributed by atoms with E-state index in [2.05, 4.69) is 0 Å². The average molecular weight is 263 g/mol. The number of anilines is 1. The molecule has 1 aromatic rings. The molecule has 4 nitrogen and oxygen atoms in total. The van der Waals surface area contributed by atoms with Gasteiger partial charge in [0.2, 0.25) is 0 Å². The van der Waals surface area contributed by atoms with Crippen molar-refractivity contribution in [2.45, 2.75) is 26.2 Å². The van der Waals surface area contributed by atoms with Crippen molar-refractivity contribution in [3.63, 3.8) is 0 Å². The van der Waals surface area contributed by atoms with Crippen molar-refractivity contribution in [2.24, 2.45) is 0 Å². The van der Waals surface area contributed by atoms with Crippen LogP contribution < -0.4 is 4.90 Å². The van der Waals surface area contributed by atoms with Gasteiger partial charge in [-0.05, 0) is 25.5 Å². The number of hydrogen-bond donors (Lipinski definition) is 0. The molecular formula is C15H21NO3. The summed E-state index contributed by atoms with van der Waals surface area (Å²) in [5.41, 5.74) is 1.81. The van der Waals surface area contributed by atoms with Gasteiger partial charge >= 0.3 is 5.97 Å². The van der Waals surface area contributed by atoms with Crippen molar-refractivity contribution in [3.05, 3.63) is 29.8 Å². The van der Waals surface area contributed by atoms with E-state index in [0.29, 0.717) is 6.61 Å². The summed E-state index contributed by atoms with van der Waals surface area (Å²) in [5.74, 6) is -0.866. The summed E-state index contributed by atoms with van der Waals surface area (Å²) < 4.78 is 5.06. The monoisotopic (exact) mass is 263 g/mol. The molecule has 0 bridgehead atoms. The molecule has 1 rings (SSSR count). The first kappa shape index (κ1) is 15.2. The highest BCUT2D eigenvalue weighted by Gasteiger charge is 2.24. The maximum atomic E-state index is 12.0. The van der Waals surface area contributed by atoms with E-state index >= 15 is 0 Å². The van der Waals surface area contributed by atoms with Gasteiger partial charge in [0.05, 0.1) is 12.5 Å². The van der Waals surface area contributed by atoms with Crippen LogP contribution in [0, 0.1) is 0 Å². The quantitative estimate of drug-likeness (QED) is 0.560. The fourth-order valence-electron chi connectivity index (χ4n) is 1.99. The van der Waals surface area contributed by atoms with Gasteiger partial charge in [0.15, 0.2) is 0 Å². The van der Waals surface area contributed by atoms with Gasteiger partial charge in [-0.25, -0.2) is 0 Å². The number of hydrogen-bond acceptors (Lipinski definition) is 4. The van der Waals surface area contributed by atoms with E-state index in [1.807, 2.05) is 43.1 Å². The highest BCUT2D eigenvalue weighted by Crippen LogP contribution is 2.29. The molecule has 104 valence electrons. The molecule has 0 amide bonds. The second-order valence-electron chi connectivity index (χ2n) is 4.28. The summed E-state index contributed by atoms with van der Waals surface area (Å²) in [6.07, 6.45) is 0.914. The van der Waals surface area contributed by atoms with Crippen LogP contribution in [0.25, 0.3) is 0 Å². The van der Waals surface area contributed by atoms with Crippen LogP contribution in [0.5, 0.6) is 0 Å². The molecule has 0 fully saturated rings. The van der Waals surface area contributed by atoms with Gasteiger partial charge in [-0.15, -0.1) is 0 Å². The van der Waals surface area contributed by atoms with Crippen LogP contribution in [0.2, 0.25) is 0 Å². The third-order valence-electron chi connectivity index (χ3n) is 3.10. The van der Waals surface area contributed by atoms with Crippen LogP contribution in [-0.2, 0) is 14.3 Å². The van der Waals surface area contributed by atoms with E-state index in [1.54, 1.807) is 6.92 Å². The molecule has 0 saturated carbocycles. The van der Waals surface area contributed by atoms with Crippen molar-refractivity contribution in [2.75, 3.05) is 25.1 Å². The molecule has 4 heteroatoms. The Morgan fingerprint density at radius 2 is 2.05 bits per heavy atom. The summed E-state index contributed by atoms with van der Waals surface area (Å²) >= 11 is 0. The fourth-order valence-corrected chi connectivity index (χ4v) is 1.99. The molecular weight excluding hydrogens is 242 g/mol. The number of nitrogens with zero attached hydrogens (tertiary/aromatic N) is 1. The van der Waals surface area contributed by atoms with E-state index in [1.165, 1.54) is 0 Å². The van der Waals surface area contributed by atoms with Gasteiger partial charge in [-0.3, -0.25) is 4.79 Å². The first-order valence-electron chi connectivity index (χ1n) is 6.56. The first-order chi connectivity index (χ1) is 9.15. The molecule has 0 saturated heterocycles. The van der Waals surface area contributed by atoms with Crippen LogP contribution in [-0.4, -0.2) is 32.5 Å². The molecule has 0 radical (unpaired) electrons. The smallest absolute Gasteiger partial charge is 0.313 e. The summed E-state index contributed by atoms with van der Waals surface area (Å²) in [4.78, 5) is 24.9. The number of para-hydroxylation sites is 1. The number of rotatable bonds is 7. The lowest BCUT2D eigenvalue weighted by molar-refractivity contribution is -0.145. The van der Waals surface area contributed by atoms with Crippen LogP contribution in [0.4, 0.5) is 5.69 Å². The summed E-state index contributed by atoms with van der Waals surface area (Å²) in [7, 11) is 1.96. The Hall–Kier alpha value is -1.84. The molecule has 1 atom stereocenters. The third kappa shape index (κ3) is 3.81. The van der Waals surface area contributed by atoms with E-state index in [4.69, 9.17) is 4.74 Å². The van der Waals surface area contributed by atoms with Crippen molar-refractivity contribution in [1.82, 2.24) is 0 Å². The molecule has 1 unspecified atom stereocenters. The van der Waals surface area contributed by atoms with Gasteiger partial charge in [0.25, 0.3) is 0 Å². The Balaban J connectivity index is 3.14. The number of carbonyl (C=O) groups excluding carboxylic acids is 2. The summed E-state index contributed by atoms with van der Waals surface area (Å²) in [5, 5.41) is 0. The lowest BCUT2D eigenvalue weighted by atomic mass is 9.94. The molecule has 0 aliphatic heterocycles. The largest absolute Gasteiger partial charge is 0.466 e. The van der Waals surface area contributed by atoms with E-state index in [0.717, 1.165) is 24.1 Å². The predicted molar refractivity (Wildman–Crippen MR) is 75.4 cm³/mol. The average Bonchev–Trinajstić information content (AvgIpc) is 2.44. The normalized spacial score (nSPS) is 11.7. The van der Waals surface area contributed by atoms with Crippen LogP contribution in [0.15, 0.2) is 24.3 Å². The number of ether oxygens (including phenoxy) is 1. The zero-order chi connectivity index (χ0) is 14.3. The Morgan fingerprint density at radius 1 is 1.37 bits per heavy atom. The molecule has 0 spiro atoms. The SMILES string of the molecule is CCOC(=O)C(CC=O)c1ccccc1N(C)CC. The number of esters is 1. The topological polar surface area (TPSA) is 46.6 Å². The molecule has 0 aliphatic rings. The third-order valence-corrected chi connectivity index (χ3v) is 3.10. The molecule has 1 aromatic carbocycles. The van der Waals surface area contributed by atoms with Crippen molar-refractivity contribution in [3.8, 4) is 0 Å². The number of benzene rings is 1. The molecule has 0 N–H and O–H groups in total. The van der Waals surface area contributed by atoms with Gasteiger partial charge < -0.3 is 14.4 Å². The van der Waals surface area contributed by atoms with Crippen LogP contribution in [0.1, 0.15) is 31.7 Å². The molecule has 0 heterocycles. The minimum atomic E-state index is -0.525. The summed E-state index contributed by atoms with van der Waals surface area (Å²) in [6, 6.07) is 7.63. The first-order valence-corrected chi connectivity index (χ1v) is 6.56. The highest BCUT2D eigenvalue weighted by molar-refractivity contribution is 5.83. The Morgan fingerprint density at radius 3 is 2.63 bits per heavy atom. The number of aldehydes is 1. The van der Waals surface area contributed by atoms with Gasteiger partial charge in [0, 0.05) is 25.7 Å². The Kier molecular flexibility index (Phi) is 6.06. The fraction of sp³-hybridized carbons (Fsp3) is 0.467. The van der Waals surface area contributed by atoms with Gasteiger partial charge in [-0.1, -0.05) is 18.2 Å².